The number of halogens is 1. The summed E-state index contributed by atoms with van der Waals surface area (Å²) in [5.74, 6) is -0.102. The summed E-state index contributed by atoms with van der Waals surface area (Å²) < 4.78 is 0. The highest BCUT2D eigenvalue weighted by molar-refractivity contribution is 9.10. The van der Waals surface area contributed by atoms with Crippen molar-refractivity contribution < 1.29 is 9.90 Å². The minimum atomic E-state index is -0.872. The Balaban J connectivity index is 4.26. The first-order chi connectivity index (χ1) is 5.80. The van der Waals surface area contributed by atoms with Crippen molar-refractivity contribution in [2.45, 2.75) is 51.5 Å². The zero-order valence-corrected chi connectivity index (χ0v) is 10.4. The lowest BCUT2D eigenvalue weighted by Gasteiger charge is -2.26. The van der Waals surface area contributed by atoms with Gasteiger partial charge in [0.25, 0.3) is 0 Å². The average Bonchev–Trinajstić information content (AvgIpc) is 2.00. The molecular weight excluding hydrogens is 232 g/mol. The largest absolute Gasteiger partial charge is 0.385 e. The molecule has 3 heteroatoms. The Morgan fingerprint density at radius 2 is 1.92 bits per heavy atom. The van der Waals surface area contributed by atoms with Crippen LogP contribution in [0.4, 0.5) is 0 Å². The second kappa shape index (κ2) is 5.11. The topological polar surface area (TPSA) is 37.3 Å². The molecule has 1 unspecified atom stereocenters. The minimum absolute atomic E-state index is 0.102. The van der Waals surface area contributed by atoms with Gasteiger partial charge in [-0.2, -0.15) is 0 Å². The number of alkyl halides is 1. The number of rotatable bonds is 4. The maximum Gasteiger partial charge on any atom is 0.175 e. The van der Waals surface area contributed by atoms with E-state index < -0.39 is 6.10 Å². The van der Waals surface area contributed by atoms with Crippen molar-refractivity contribution in [2.75, 3.05) is 0 Å². The minimum Gasteiger partial charge on any atom is -0.385 e. The number of hydrogen-bond acceptors (Lipinski definition) is 2. The van der Waals surface area contributed by atoms with Crippen molar-refractivity contribution in [2.24, 2.45) is 5.41 Å². The molecule has 0 aliphatic rings. The molecule has 0 bridgehead atoms. The molecule has 0 aromatic carbocycles. The van der Waals surface area contributed by atoms with Gasteiger partial charge in [0.1, 0.15) is 6.10 Å². The zero-order chi connectivity index (χ0) is 10.6. The third-order valence-corrected chi connectivity index (χ3v) is 2.85. The number of carbonyl (C=O) groups excluding carboxylic acids is 1. The first-order valence-corrected chi connectivity index (χ1v) is 5.58. The molecule has 0 spiro atoms. The van der Waals surface area contributed by atoms with Crippen molar-refractivity contribution in [1.29, 1.82) is 0 Å². The normalized spacial score (nSPS) is 16.8. The number of aliphatic hydroxyl groups excluding tert-OH is 1. The molecule has 0 aliphatic carbocycles. The van der Waals surface area contributed by atoms with Crippen molar-refractivity contribution in [3.05, 3.63) is 0 Å². The van der Waals surface area contributed by atoms with E-state index in [1.807, 2.05) is 27.7 Å². The van der Waals surface area contributed by atoms with Crippen LogP contribution in [-0.4, -0.2) is 21.8 Å². The van der Waals surface area contributed by atoms with Crippen LogP contribution in [0.1, 0.15) is 40.5 Å². The molecule has 0 saturated carbocycles. The van der Waals surface area contributed by atoms with Crippen LogP contribution in [0, 0.1) is 5.41 Å². The highest BCUT2D eigenvalue weighted by atomic mass is 79.9. The van der Waals surface area contributed by atoms with Crippen molar-refractivity contribution in [3.63, 3.8) is 0 Å². The number of ketones is 1. The van der Waals surface area contributed by atoms with Gasteiger partial charge in [0.15, 0.2) is 5.78 Å². The van der Waals surface area contributed by atoms with E-state index in [0.717, 1.165) is 12.8 Å². The Bertz CT molecular complexity index is 172. The van der Waals surface area contributed by atoms with Gasteiger partial charge in [-0.15, -0.1) is 0 Å². The average molecular weight is 251 g/mol. The van der Waals surface area contributed by atoms with Gasteiger partial charge in [0.2, 0.25) is 0 Å². The van der Waals surface area contributed by atoms with Crippen LogP contribution in [-0.2, 0) is 4.79 Å². The predicted molar refractivity (Wildman–Crippen MR) is 58.1 cm³/mol. The summed E-state index contributed by atoms with van der Waals surface area (Å²) in [6.45, 7) is 7.61. The zero-order valence-electron chi connectivity index (χ0n) is 8.80. The van der Waals surface area contributed by atoms with E-state index >= 15 is 0 Å². The molecule has 0 amide bonds. The quantitative estimate of drug-likeness (QED) is 0.779. The second-order valence-corrected chi connectivity index (χ2v) is 5.53. The molecule has 0 aromatic rings. The first-order valence-electron chi connectivity index (χ1n) is 4.66. The van der Waals surface area contributed by atoms with E-state index in [9.17, 15) is 9.90 Å². The summed E-state index contributed by atoms with van der Waals surface area (Å²) in [6.07, 6.45) is 0.855. The maximum atomic E-state index is 11.6. The Morgan fingerprint density at radius 1 is 1.46 bits per heavy atom. The van der Waals surface area contributed by atoms with E-state index in [2.05, 4.69) is 15.9 Å². The standard InChI is InChI=1S/C10H19BrO2/c1-5-6-7(11)8(12)9(13)10(2,3)4/h7,9,13H,5-6H2,1-4H3/t7?,9-/m1/s1. The van der Waals surface area contributed by atoms with E-state index in [4.69, 9.17) is 0 Å². The van der Waals surface area contributed by atoms with Crippen LogP contribution in [0.15, 0.2) is 0 Å². The number of Topliss-reactive ketones (excluding diaryl/α,β-unsaturated/α-hetero) is 1. The molecule has 0 radical (unpaired) electrons. The fraction of sp³-hybridized carbons (Fsp3) is 0.900. The van der Waals surface area contributed by atoms with Gasteiger partial charge >= 0.3 is 0 Å². The van der Waals surface area contributed by atoms with Crippen molar-refractivity contribution in [1.82, 2.24) is 0 Å². The monoisotopic (exact) mass is 250 g/mol. The van der Waals surface area contributed by atoms with E-state index in [1.165, 1.54) is 0 Å². The smallest absolute Gasteiger partial charge is 0.175 e. The van der Waals surface area contributed by atoms with Crippen LogP contribution in [0.2, 0.25) is 0 Å². The van der Waals surface area contributed by atoms with Gasteiger partial charge in [-0.3, -0.25) is 4.79 Å². The second-order valence-electron chi connectivity index (χ2n) is 4.43. The molecule has 0 aromatic heterocycles. The molecule has 0 fully saturated rings. The molecule has 2 atom stereocenters. The lowest BCUT2D eigenvalue weighted by atomic mass is 9.85. The third kappa shape index (κ3) is 4.23. The van der Waals surface area contributed by atoms with Crippen molar-refractivity contribution >= 4 is 21.7 Å². The highest BCUT2D eigenvalue weighted by Crippen LogP contribution is 2.23. The summed E-state index contributed by atoms with van der Waals surface area (Å²) in [7, 11) is 0. The Kier molecular flexibility index (Phi) is 5.15. The molecule has 0 rings (SSSR count). The van der Waals surface area contributed by atoms with Crippen LogP contribution >= 0.6 is 15.9 Å². The predicted octanol–water partition coefficient (Wildman–Crippen LogP) is 2.53. The SMILES string of the molecule is CCCC(Br)C(=O)[C@@H](O)C(C)(C)C. The van der Waals surface area contributed by atoms with E-state index in [0.29, 0.717) is 0 Å². The number of carbonyl (C=O) groups is 1. The molecule has 0 saturated heterocycles. The Morgan fingerprint density at radius 3 is 2.23 bits per heavy atom. The van der Waals surface area contributed by atoms with E-state index in [1.54, 1.807) is 0 Å². The van der Waals surface area contributed by atoms with Crippen LogP contribution in [0.5, 0.6) is 0 Å². The van der Waals surface area contributed by atoms with Crippen molar-refractivity contribution in [3.8, 4) is 0 Å². The van der Waals surface area contributed by atoms with E-state index in [-0.39, 0.29) is 16.0 Å². The summed E-state index contributed by atoms with van der Waals surface area (Å²) in [5.41, 5.74) is -0.364. The summed E-state index contributed by atoms with van der Waals surface area (Å²) in [6, 6.07) is 0. The first kappa shape index (κ1) is 13.1. The fourth-order valence-corrected chi connectivity index (χ4v) is 1.70. The van der Waals surface area contributed by atoms with Crippen LogP contribution in [0.3, 0.4) is 0 Å². The van der Waals surface area contributed by atoms with Gasteiger partial charge in [-0.05, 0) is 11.8 Å². The molecule has 1 N–H and O–H groups in total. The summed E-state index contributed by atoms with van der Waals surface area (Å²) in [4.78, 5) is 11.4. The Labute approximate surface area is 88.8 Å². The molecule has 13 heavy (non-hydrogen) atoms. The molecular formula is C10H19BrO2. The third-order valence-electron chi connectivity index (χ3n) is 1.94. The number of hydrogen-bond donors (Lipinski definition) is 1. The van der Waals surface area contributed by atoms with Gasteiger partial charge in [0, 0.05) is 0 Å². The highest BCUT2D eigenvalue weighted by Gasteiger charge is 2.32. The lowest BCUT2D eigenvalue weighted by molar-refractivity contribution is -0.131. The van der Waals surface area contributed by atoms with Gasteiger partial charge in [0.05, 0.1) is 4.83 Å². The Hall–Kier alpha value is 0.110. The lowest BCUT2D eigenvalue weighted by Crippen LogP contribution is -2.38. The summed E-state index contributed by atoms with van der Waals surface area (Å²) in [5, 5.41) is 9.67. The molecule has 0 heterocycles. The number of aliphatic hydroxyl groups is 1. The fourth-order valence-electron chi connectivity index (χ4n) is 0.994. The van der Waals surface area contributed by atoms with Gasteiger partial charge < -0.3 is 5.11 Å². The van der Waals surface area contributed by atoms with Crippen LogP contribution < -0.4 is 0 Å². The van der Waals surface area contributed by atoms with Crippen LogP contribution in [0.25, 0.3) is 0 Å². The summed E-state index contributed by atoms with van der Waals surface area (Å²) >= 11 is 3.29. The maximum absolute atomic E-state index is 11.6. The molecule has 0 aliphatic heterocycles. The van der Waals surface area contributed by atoms with Gasteiger partial charge in [-0.1, -0.05) is 50.0 Å². The molecule has 78 valence electrons. The van der Waals surface area contributed by atoms with Gasteiger partial charge in [-0.25, -0.2) is 0 Å². The molecule has 2 nitrogen and oxygen atoms in total.